The number of nitrogen functional groups attached to an aromatic ring is 1. The predicted octanol–water partition coefficient (Wildman–Crippen LogP) is 2.14. The van der Waals surface area contributed by atoms with Gasteiger partial charge >= 0.3 is 0 Å². The number of sulfonamides is 1. The fourth-order valence-corrected chi connectivity index (χ4v) is 4.84. The lowest BCUT2D eigenvalue weighted by atomic mass is 9.95. The van der Waals surface area contributed by atoms with Crippen LogP contribution in [-0.4, -0.2) is 26.3 Å². The van der Waals surface area contributed by atoms with Gasteiger partial charge < -0.3 is 16.8 Å². The molecule has 1 fully saturated rings. The van der Waals surface area contributed by atoms with Crippen LogP contribution in [-0.2, 0) is 14.8 Å². The molecule has 31 heavy (non-hydrogen) atoms. The maximum Gasteiger partial charge on any atom is 0.252 e. The first-order chi connectivity index (χ1) is 14.7. The first-order valence-corrected chi connectivity index (χ1v) is 11.6. The quantitative estimate of drug-likeness (QED) is 0.398. The Morgan fingerprint density at radius 1 is 1.06 bits per heavy atom. The Hall–Kier alpha value is -3.17. The second kappa shape index (κ2) is 9.32. The van der Waals surface area contributed by atoms with Crippen molar-refractivity contribution in [3.05, 3.63) is 53.6 Å². The molecule has 0 radical (unpaired) electrons. The van der Waals surface area contributed by atoms with E-state index in [1.54, 1.807) is 24.3 Å². The second-order valence-corrected chi connectivity index (χ2v) is 9.08. The van der Waals surface area contributed by atoms with Crippen molar-refractivity contribution in [2.45, 2.75) is 43.0 Å². The number of benzene rings is 2. The molecule has 9 heteroatoms. The summed E-state index contributed by atoms with van der Waals surface area (Å²) in [5, 5.41) is 8.30. The molecule has 0 saturated heterocycles. The van der Waals surface area contributed by atoms with Gasteiger partial charge in [0.25, 0.3) is 5.91 Å². The molecule has 0 aliphatic heterocycles. The van der Waals surface area contributed by atoms with E-state index in [2.05, 4.69) is 5.32 Å². The highest BCUT2D eigenvalue weighted by atomic mass is 32.2. The van der Waals surface area contributed by atoms with Gasteiger partial charge in [0, 0.05) is 17.7 Å². The summed E-state index contributed by atoms with van der Waals surface area (Å²) in [5.74, 6) is -1.38. The van der Waals surface area contributed by atoms with Crippen LogP contribution in [0.4, 0.5) is 5.69 Å². The van der Waals surface area contributed by atoms with Gasteiger partial charge in [-0.15, -0.1) is 0 Å². The summed E-state index contributed by atoms with van der Waals surface area (Å²) >= 11 is 0. The summed E-state index contributed by atoms with van der Waals surface area (Å²) in [7, 11) is -4.37. The summed E-state index contributed by atoms with van der Waals surface area (Å²) in [6, 6.07) is 10.5. The van der Waals surface area contributed by atoms with Crippen molar-refractivity contribution in [1.29, 1.82) is 0 Å². The average Bonchev–Trinajstić information content (AvgIpc) is 2.72. The van der Waals surface area contributed by atoms with Crippen molar-refractivity contribution in [2.24, 2.45) is 10.9 Å². The lowest BCUT2D eigenvalue weighted by Crippen LogP contribution is -2.35. The normalized spacial score (nSPS) is 15.1. The van der Waals surface area contributed by atoms with Crippen LogP contribution in [0.15, 0.2) is 47.4 Å². The largest absolute Gasteiger partial charge is 0.398 e. The van der Waals surface area contributed by atoms with Gasteiger partial charge in [-0.05, 0) is 36.1 Å². The Bertz CT molecular complexity index is 1120. The van der Waals surface area contributed by atoms with Crippen LogP contribution in [0.1, 0.15) is 48.0 Å². The third kappa shape index (κ3) is 5.31. The molecule has 2 aromatic carbocycles. The maximum atomic E-state index is 12.4. The summed E-state index contributed by atoms with van der Waals surface area (Å²) in [6.07, 6.45) is 7.64. The standard InChI is InChI=1S/C22H26N4O4S/c23-20-17(14-7-3-1-4-8-14)13-15(21(31(25,29)30)19(20)22(24)28)11-12-18(27)26-16-9-5-2-6-10-16/h1,3-4,7-8,11-13,16H,2,5-6,9-10,23H2,(H2,24,28)(H,26,27)(H2,25,29,30). The van der Waals surface area contributed by atoms with Crippen LogP contribution in [0.2, 0.25) is 0 Å². The fraction of sp³-hybridized carbons (Fsp3) is 0.273. The smallest absolute Gasteiger partial charge is 0.252 e. The first-order valence-electron chi connectivity index (χ1n) is 10.0. The van der Waals surface area contributed by atoms with Gasteiger partial charge in [-0.25, -0.2) is 13.6 Å². The molecule has 2 aromatic rings. The van der Waals surface area contributed by atoms with E-state index >= 15 is 0 Å². The Morgan fingerprint density at radius 2 is 1.71 bits per heavy atom. The van der Waals surface area contributed by atoms with Crippen molar-refractivity contribution < 1.29 is 18.0 Å². The number of rotatable bonds is 6. The second-order valence-electron chi connectivity index (χ2n) is 7.58. The predicted molar refractivity (Wildman–Crippen MR) is 120 cm³/mol. The van der Waals surface area contributed by atoms with Crippen molar-refractivity contribution in [1.82, 2.24) is 5.32 Å². The first kappa shape index (κ1) is 22.5. The number of nitrogens with one attached hydrogen (secondary N) is 1. The number of carbonyl (C=O) groups is 2. The summed E-state index contributed by atoms with van der Waals surface area (Å²) in [4.78, 5) is 24.0. The van der Waals surface area contributed by atoms with Crippen LogP contribution in [0.25, 0.3) is 17.2 Å². The number of hydrogen-bond acceptors (Lipinski definition) is 5. The van der Waals surface area contributed by atoms with Crippen LogP contribution < -0.4 is 21.9 Å². The molecule has 0 unspecified atom stereocenters. The summed E-state index contributed by atoms with van der Waals surface area (Å²) in [6.45, 7) is 0. The fourth-order valence-electron chi connectivity index (χ4n) is 3.89. The molecule has 3 rings (SSSR count). The minimum Gasteiger partial charge on any atom is -0.398 e. The Balaban J connectivity index is 2.09. The lowest BCUT2D eigenvalue weighted by Gasteiger charge is -2.22. The molecule has 1 saturated carbocycles. The lowest BCUT2D eigenvalue weighted by molar-refractivity contribution is -0.117. The monoisotopic (exact) mass is 442 g/mol. The van der Waals surface area contributed by atoms with Crippen LogP contribution in [0, 0.1) is 0 Å². The third-order valence-electron chi connectivity index (χ3n) is 5.33. The molecule has 0 atom stereocenters. The molecule has 0 aromatic heterocycles. The number of nitrogens with two attached hydrogens (primary N) is 3. The highest BCUT2D eigenvalue weighted by Gasteiger charge is 2.27. The van der Waals surface area contributed by atoms with Crippen molar-refractivity contribution in [2.75, 3.05) is 5.73 Å². The SMILES string of the molecule is NC(=O)c1c(N)c(-c2ccccc2)cc(C=CC(=O)NC2CCCCC2)c1S(N)(=O)=O. The van der Waals surface area contributed by atoms with Gasteiger partial charge in [0.15, 0.2) is 0 Å². The molecule has 0 heterocycles. The van der Waals surface area contributed by atoms with E-state index in [9.17, 15) is 18.0 Å². The number of primary amides is 1. The Labute approximate surface area is 181 Å². The molecule has 0 spiro atoms. The zero-order valence-electron chi connectivity index (χ0n) is 17.0. The molecule has 1 aliphatic carbocycles. The van der Waals surface area contributed by atoms with Crippen LogP contribution in [0.3, 0.4) is 0 Å². The third-order valence-corrected chi connectivity index (χ3v) is 6.34. The summed E-state index contributed by atoms with van der Waals surface area (Å²) in [5.41, 5.74) is 12.2. The zero-order valence-corrected chi connectivity index (χ0v) is 17.8. The van der Waals surface area contributed by atoms with Crippen molar-refractivity contribution in [3.63, 3.8) is 0 Å². The van der Waals surface area contributed by atoms with Crippen LogP contribution in [0.5, 0.6) is 0 Å². The minimum absolute atomic E-state index is 0.0585. The Kier molecular flexibility index (Phi) is 6.77. The number of anilines is 1. The highest BCUT2D eigenvalue weighted by molar-refractivity contribution is 7.89. The number of hydrogen-bond donors (Lipinski definition) is 4. The maximum absolute atomic E-state index is 12.4. The molecule has 0 bridgehead atoms. The van der Waals surface area contributed by atoms with E-state index in [1.807, 2.05) is 6.07 Å². The molecule has 8 nitrogen and oxygen atoms in total. The van der Waals surface area contributed by atoms with E-state index < -0.39 is 26.4 Å². The van der Waals surface area contributed by atoms with Gasteiger partial charge in [-0.1, -0.05) is 49.6 Å². The van der Waals surface area contributed by atoms with Gasteiger partial charge in [0.1, 0.15) is 4.90 Å². The Morgan fingerprint density at radius 3 is 2.29 bits per heavy atom. The van der Waals surface area contributed by atoms with Gasteiger partial charge in [0.05, 0.1) is 11.3 Å². The van der Waals surface area contributed by atoms with E-state index in [0.29, 0.717) is 11.1 Å². The van der Waals surface area contributed by atoms with E-state index in [0.717, 1.165) is 32.1 Å². The van der Waals surface area contributed by atoms with E-state index in [-0.39, 0.29) is 23.2 Å². The molecule has 164 valence electrons. The average molecular weight is 443 g/mol. The molecule has 2 amide bonds. The van der Waals surface area contributed by atoms with E-state index in [1.165, 1.54) is 18.2 Å². The number of amides is 2. The van der Waals surface area contributed by atoms with Gasteiger partial charge in [-0.3, -0.25) is 9.59 Å². The topological polar surface area (TPSA) is 158 Å². The zero-order chi connectivity index (χ0) is 22.6. The minimum atomic E-state index is -4.37. The molecule has 1 aliphatic rings. The number of primary sulfonamides is 1. The van der Waals surface area contributed by atoms with E-state index in [4.69, 9.17) is 16.6 Å². The van der Waals surface area contributed by atoms with Crippen LogP contribution >= 0.6 is 0 Å². The number of carbonyl (C=O) groups excluding carboxylic acids is 2. The van der Waals surface area contributed by atoms with Gasteiger partial charge in [0.2, 0.25) is 15.9 Å². The van der Waals surface area contributed by atoms with Crippen molar-refractivity contribution in [3.8, 4) is 11.1 Å². The molecular weight excluding hydrogens is 416 g/mol. The van der Waals surface area contributed by atoms with Crippen molar-refractivity contribution >= 4 is 33.6 Å². The van der Waals surface area contributed by atoms with Gasteiger partial charge in [-0.2, -0.15) is 0 Å². The molecule has 7 N–H and O–H groups in total. The molecular formula is C22H26N4O4S. The summed E-state index contributed by atoms with van der Waals surface area (Å²) < 4.78 is 24.6. The highest BCUT2D eigenvalue weighted by Crippen LogP contribution is 2.35.